The van der Waals surface area contributed by atoms with E-state index >= 15 is 0 Å². The number of anilines is 2. The number of rotatable bonds is 4. The van der Waals surface area contributed by atoms with Gasteiger partial charge in [-0.3, -0.25) is 4.79 Å². The Morgan fingerprint density at radius 2 is 2.04 bits per heavy atom. The minimum absolute atomic E-state index is 0.0411. The molecule has 7 nitrogen and oxygen atoms in total. The zero-order valence-corrected chi connectivity index (χ0v) is 13.7. The van der Waals surface area contributed by atoms with Gasteiger partial charge in [0.15, 0.2) is 0 Å². The average Bonchev–Trinajstić information content (AvgIpc) is 2.49. The van der Waals surface area contributed by atoms with Gasteiger partial charge >= 0.3 is 0 Å². The Bertz CT molecular complexity index is 564. The Morgan fingerprint density at radius 3 is 2.65 bits per heavy atom. The summed E-state index contributed by atoms with van der Waals surface area (Å²) in [6, 6.07) is 2.37. The van der Waals surface area contributed by atoms with Gasteiger partial charge in [-0.15, -0.1) is 0 Å². The van der Waals surface area contributed by atoms with Gasteiger partial charge < -0.3 is 21.7 Å². The third kappa shape index (κ3) is 3.90. The SMILES string of the molecule is CC(=O)NCC1CCN(c2cc(C3CC(N)C3)nc(N)n2)CC1. The molecule has 7 heteroatoms. The van der Waals surface area contributed by atoms with E-state index in [0.717, 1.165) is 56.8 Å². The number of nitrogen functional groups attached to an aromatic ring is 1. The molecule has 2 heterocycles. The van der Waals surface area contributed by atoms with E-state index in [0.29, 0.717) is 23.8 Å². The number of hydrogen-bond acceptors (Lipinski definition) is 6. The number of aromatic nitrogens is 2. The lowest BCUT2D eigenvalue weighted by atomic mass is 9.78. The summed E-state index contributed by atoms with van der Waals surface area (Å²) in [5, 5.41) is 2.91. The van der Waals surface area contributed by atoms with Crippen molar-refractivity contribution in [2.75, 3.05) is 30.3 Å². The van der Waals surface area contributed by atoms with Crippen LogP contribution >= 0.6 is 0 Å². The third-order valence-electron chi connectivity index (χ3n) is 4.92. The maximum Gasteiger partial charge on any atom is 0.222 e. The Balaban J connectivity index is 1.60. The van der Waals surface area contributed by atoms with E-state index in [2.05, 4.69) is 26.3 Å². The molecule has 1 saturated carbocycles. The lowest BCUT2D eigenvalue weighted by molar-refractivity contribution is -0.119. The van der Waals surface area contributed by atoms with Gasteiger partial charge in [-0.05, 0) is 31.6 Å². The zero-order chi connectivity index (χ0) is 16.4. The van der Waals surface area contributed by atoms with Crippen molar-refractivity contribution < 1.29 is 4.79 Å². The molecule has 0 aromatic carbocycles. The minimum atomic E-state index is 0.0411. The first-order chi connectivity index (χ1) is 11.0. The first kappa shape index (κ1) is 16.0. The summed E-state index contributed by atoms with van der Waals surface area (Å²) in [6.45, 7) is 4.20. The molecule has 0 spiro atoms. The van der Waals surface area contributed by atoms with Crippen molar-refractivity contribution in [3.63, 3.8) is 0 Å². The van der Waals surface area contributed by atoms with Crippen molar-refractivity contribution in [3.8, 4) is 0 Å². The molecule has 0 radical (unpaired) electrons. The Kier molecular flexibility index (Phi) is 4.66. The Labute approximate surface area is 136 Å². The molecule has 0 unspecified atom stereocenters. The van der Waals surface area contributed by atoms with Crippen molar-refractivity contribution in [1.29, 1.82) is 0 Å². The zero-order valence-electron chi connectivity index (χ0n) is 13.7. The number of hydrogen-bond donors (Lipinski definition) is 3. The fraction of sp³-hybridized carbons (Fsp3) is 0.688. The average molecular weight is 318 g/mol. The molecular formula is C16H26N6O. The molecular weight excluding hydrogens is 292 g/mol. The van der Waals surface area contributed by atoms with Crippen LogP contribution in [0.15, 0.2) is 6.07 Å². The van der Waals surface area contributed by atoms with Crippen molar-refractivity contribution in [2.24, 2.45) is 11.7 Å². The van der Waals surface area contributed by atoms with Gasteiger partial charge in [-0.2, -0.15) is 4.98 Å². The van der Waals surface area contributed by atoms with Crippen molar-refractivity contribution in [1.82, 2.24) is 15.3 Å². The molecule has 0 atom stereocenters. The predicted octanol–water partition coefficient (Wildman–Crippen LogP) is 0.616. The van der Waals surface area contributed by atoms with Gasteiger partial charge in [-0.25, -0.2) is 4.98 Å². The number of carbonyl (C=O) groups excluding carboxylic acids is 1. The van der Waals surface area contributed by atoms with E-state index < -0.39 is 0 Å². The van der Waals surface area contributed by atoms with Crippen LogP contribution in [0, 0.1) is 5.92 Å². The topological polar surface area (TPSA) is 110 Å². The lowest BCUT2D eigenvalue weighted by Crippen LogP contribution is -2.39. The monoisotopic (exact) mass is 318 g/mol. The largest absolute Gasteiger partial charge is 0.368 e. The van der Waals surface area contributed by atoms with Crippen LogP contribution in [0.25, 0.3) is 0 Å². The molecule has 23 heavy (non-hydrogen) atoms. The molecule has 1 amide bonds. The van der Waals surface area contributed by atoms with E-state index in [9.17, 15) is 4.79 Å². The van der Waals surface area contributed by atoms with Gasteiger partial charge in [0.1, 0.15) is 5.82 Å². The summed E-state index contributed by atoms with van der Waals surface area (Å²) in [6.07, 6.45) is 4.06. The summed E-state index contributed by atoms with van der Waals surface area (Å²) >= 11 is 0. The molecule has 1 saturated heterocycles. The standard InChI is InChI=1S/C16H26N6O/c1-10(23)19-9-11-2-4-22(5-3-11)15-8-14(20-16(18)21-15)12-6-13(17)7-12/h8,11-13H,2-7,9,17H2,1H3,(H,19,23)(H2,18,20,21). The Hall–Kier alpha value is -1.89. The van der Waals surface area contributed by atoms with Crippen LogP contribution < -0.4 is 21.7 Å². The molecule has 2 fully saturated rings. The second-order valence-electron chi connectivity index (χ2n) is 6.81. The van der Waals surface area contributed by atoms with E-state index in [1.54, 1.807) is 6.92 Å². The number of piperidine rings is 1. The van der Waals surface area contributed by atoms with Gasteiger partial charge in [0.25, 0.3) is 0 Å². The molecule has 1 aromatic rings. The van der Waals surface area contributed by atoms with E-state index in [1.165, 1.54) is 0 Å². The van der Waals surface area contributed by atoms with Crippen molar-refractivity contribution in [3.05, 3.63) is 11.8 Å². The number of carbonyl (C=O) groups is 1. The minimum Gasteiger partial charge on any atom is -0.368 e. The van der Waals surface area contributed by atoms with E-state index in [4.69, 9.17) is 11.5 Å². The maximum atomic E-state index is 11.0. The summed E-state index contributed by atoms with van der Waals surface area (Å²) in [5.41, 5.74) is 12.8. The van der Waals surface area contributed by atoms with E-state index in [-0.39, 0.29) is 5.91 Å². The molecule has 1 aliphatic heterocycles. The normalized spacial score (nSPS) is 25.0. The summed E-state index contributed by atoms with van der Waals surface area (Å²) < 4.78 is 0. The molecule has 0 bridgehead atoms. The fourth-order valence-electron chi connectivity index (χ4n) is 3.40. The molecule has 2 aliphatic rings. The van der Waals surface area contributed by atoms with Crippen LogP contribution in [0.5, 0.6) is 0 Å². The smallest absolute Gasteiger partial charge is 0.222 e. The van der Waals surface area contributed by atoms with Gasteiger partial charge in [0.2, 0.25) is 11.9 Å². The molecule has 5 N–H and O–H groups in total. The number of nitrogens with zero attached hydrogens (tertiary/aromatic N) is 3. The highest BCUT2D eigenvalue weighted by Crippen LogP contribution is 2.36. The molecule has 126 valence electrons. The van der Waals surface area contributed by atoms with Crippen molar-refractivity contribution >= 4 is 17.7 Å². The van der Waals surface area contributed by atoms with Crippen LogP contribution in [-0.2, 0) is 4.79 Å². The summed E-state index contributed by atoms with van der Waals surface area (Å²) in [4.78, 5) is 22.1. The van der Waals surface area contributed by atoms with Crippen LogP contribution in [0.2, 0.25) is 0 Å². The predicted molar refractivity (Wildman–Crippen MR) is 90.0 cm³/mol. The molecule has 1 aliphatic carbocycles. The third-order valence-corrected chi connectivity index (χ3v) is 4.92. The maximum absolute atomic E-state index is 11.0. The quantitative estimate of drug-likeness (QED) is 0.750. The molecule has 3 rings (SSSR count). The fourth-order valence-corrected chi connectivity index (χ4v) is 3.40. The van der Waals surface area contributed by atoms with Gasteiger partial charge in [-0.1, -0.05) is 0 Å². The van der Waals surface area contributed by atoms with Crippen LogP contribution in [0.3, 0.4) is 0 Å². The summed E-state index contributed by atoms with van der Waals surface area (Å²) in [5.74, 6) is 2.27. The van der Waals surface area contributed by atoms with Crippen molar-refractivity contribution in [2.45, 2.75) is 44.6 Å². The van der Waals surface area contributed by atoms with Gasteiger partial charge in [0.05, 0.1) is 5.69 Å². The number of amides is 1. The Morgan fingerprint density at radius 1 is 1.35 bits per heavy atom. The highest BCUT2D eigenvalue weighted by atomic mass is 16.1. The second-order valence-corrected chi connectivity index (χ2v) is 6.81. The lowest BCUT2D eigenvalue weighted by Gasteiger charge is -2.35. The van der Waals surface area contributed by atoms with Crippen LogP contribution in [0.4, 0.5) is 11.8 Å². The first-order valence-electron chi connectivity index (χ1n) is 8.40. The van der Waals surface area contributed by atoms with Crippen LogP contribution in [-0.4, -0.2) is 41.6 Å². The number of nitrogens with two attached hydrogens (primary N) is 2. The number of nitrogens with one attached hydrogen (secondary N) is 1. The highest BCUT2D eigenvalue weighted by molar-refractivity contribution is 5.72. The second kappa shape index (κ2) is 6.70. The first-order valence-corrected chi connectivity index (χ1v) is 8.40. The highest BCUT2D eigenvalue weighted by Gasteiger charge is 2.30. The van der Waals surface area contributed by atoms with Gasteiger partial charge in [0, 0.05) is 44.6 Å². The summed E-state index contributed by atoms with van der Waals surface area (Å²) in [7, 11) is 0. The van der Waals surface area contributed by atoms with Crippen LogP contribution in [0.1, 0.15) is 44.2 Å². The molecule has 1 aromatic heterocycles. The van der Waals surface area contributed by atoms with E-state index in [1.807, 2.05) is 0 Å².